The van der Waals surface area contributed by atoms with Gasteiger partial charge in [-0.05, 0) is 15.9 Å². The van der Waals surface area contributed by atoms with E-state index in [1.807, 2.05) is 0 Å². The number of nitrogens with one attached hydrogen (secondary N) is 1. The van der Waals surface area contributed by atoms with Gasteiger partial charge in [0.2, 0.25) is 5.43 Å². The van der Waals surface area contributed by atoms with Crippen molar-refractivity contribution < 1.29 is 0 Å². The minimum absolute atomic E-state index is 0.0226. The van der Waals surface area contributed by atoms with Gasteiger partial charge in [0.05, 0.1) is 4.47 Å². The summed E-state index contributed by atoms with van der Waals surface area (Å²) < 4.78 is 0.381. The Kier molecular flexibility index (Phi) is 2.01. The van der Waals surface area contributed by atoms with Crippen LogP contribution in [0.2, 0.25) is 5.02 Å². The average Bonchev–Trinajstić information content (AvgIpc) is 1.93. The van der Waals surface area contributed by atoms with Crippen molar-refractivity contribution in [2.75, 3.05) is 5.73 Å². The van der Waals surface area contributed by atoms with Crippen molar-refractivity contribution in [1.29, 1.82) is 0 Å². The Hall–Kier alpha value is -0.480. The van der Waals surface area contributed by atoms with Gasteiger partial charge < -0.3 is 10.7 Å². The van der Waals surface area contributed by atoms with Crippen LogP contribution in [0.25, 0.3) is 0 Å². The molecule has 0 bridgehead atoms. The molecule has 0 fully saturated rings. The van der Waals surface area contributed by atoms with Crippen LogP contribution in [0.15, 0.2) is 15.5 Å². The zero-order chi connectivity index (χ0) is 7.72. The van der Waals surface area contributed by atoms with Gasteiger partial charge in [-0.2, -0.15) is 0 Å². The number of rotatable bonds is 0. The third-order valence-electron chi connectivity index (χ3n) is 1.01. The van der Waals surface area contributed by atoms with E-state index in [0.29, 0.717) is 4.47 Å². The Labute approximate surface area is 70.3 Å². The van der Waals surface area contributed by atoms with Crippen LogP contribution >= 0.6 is 27.5 Å². The van der Waals surface area contributed by atoms with Crippen LogP contribution in [0.4, 0.5) is 5.82 Å². The summed E-state index contributed by atoms with van der Waals surface area (Å²) in [6, 6.07) is 0. The van der Waals surface area contributed by atoms with Gasteiger partial charge in [0.25, 0.3) is 0 Å². The Morgan fingerprint density at radius 1 is 1.70 bits per heavy atom. The normalized spacial score (nSPS) is 9.80. The van der Waals surface area contributed by atoms with Crippen molar-refractivity contribution >= 4 is 33.3 Å². The predicted octanol–water partition coefficient (Wildman–Crippen LogP) is 1.37. The molecule has 1 heterocycles. The van der Waals surface area contributed by atoms with Crippen molar-refractivity contribution in [1.82, 2.24) is 4.98 Å². The highest BCUT2D eigenvalue weighted by Crippen LogP contribution is 2.12. The fraction of sp³-hybridized carbons (Fsp3) is 0. The lowest BCUT2D eigenvalue weighted by Gasteiger charge is -1.95. The second-order valence-electron chi connectivity index (χ2n) is 1.69. The van der Waals surface area contributed by atoms with Crippen LogP contribution < -0.4 is 11.2 Å². The number of anilines is 1. The fourth-order valence-electron chi connectivity index (χ4n) is 0.497. The largest absolute Gasteiger partial charge is 0.384 e. The Bertz CT molecular complexity index is 309. The van der Waals surface area contributed by atoms with Crippen LogP contribution in [0, 0.1) is 0 Å². The number of nitrogen functional groups attached to an aromatic ring is 1. The van der Waals surface area contributed by atoms with E-state index < -0.39 is 0 Å². The van der Waals surface area contributed by atoms with Crippen molar-refractivity contribution in [3.63, 3.8) is 0 Å². The van der Waals surface area contributed by atoms with E-state index >= 15 is 0 Å². The van der Waals surface area contributed by atoms with Gasteiger partial charge in [-0.1, -0.05) is 11.6 Å². The molecule has 0 saturated heterocycles. The molecule has 0 aliphatic carbocycles. The SMILES string of the molecule is Nc1[nH]cc(Br)c(=O)c1Cl. The van der Waals surface area contributed by atoms with Gasteiger partial charge in [0, 0.05) is 6.20 Å². The molecule has 10 heavy (non-hydrogen) atoms. The lowest BCUT2D eigenvalue weighted by atomic mass is 10.4. The molecule has 3 N–H and O–H groups in total. The molecule has 0 aliphatic rings. The highest BCUT2D eigenvalue weighted by Gasteiger charge is 2.03. The van der Waals surface area contributed by atoms with Crippen LogP contribution in [-0.4, -0.2) is 4.98 Å². The monoisotopic (exact) mass is 222 g/mol. The summed E-state index contributed by atoms with van der Waals surface area (Å²) in [5.41, 5.74) is 4.99. The van der Waals surface area contributed by atoms with Crippen molar-refractivity contribution in [2.24, 2.45) is 0 Å². The van der Waals surface area contributed by atoms with Crippen molar-refractivity contribution in [2.45, 2.75) is 0 Å². The van der Waals surface area contributed by atoms with E-state index in [-0.39, 0.29) is 16.3 Å². The summed E-state index contributed by atoms with van der Waals surface area (Å²) in [7, 11) is 0. The number of H-pyrrole nitrogens is 1. The number of pyridine rings is 1. The van der Waals surface area contributed by atoms with Gasteiger partial charge >= 0.3 is 0 Å². The number of hydrogen-bond acceptors (Lipinski definition) is 2. The predicted molar refractivity (Wildman–Crippen MR) is 44.2 cm³/mol. The summed E-state index contributed by atoms with van der Waals surface area (Å²) in [5.74, 6) is 0.190. The van der Waals surface area contributed by atoms with Crippen molar-refractivity contribution in [3.05, 3.63) is 25.9 Å². The number of aromatic nitrogens is 1. The molecule has 1 aromatic rings. The van der Waals surface area contributed by atoms with E-state index in [9.17, 15) is 4.79 Å². The Morgan fingerprint density at radius 2 is 2.30 bits per heavy atom. The van der Waals surface area contributed by atoms with Crippen LogP contribution in [0.5, 0.6) is 0 Å². The maximum absolute atomic E-state index is 10.9. The molecule has 0 aliphatic heterocycles. The first-order chi connectivity index (χ1) is 4.63. The maximum atomic E-state index is 10.9. The summed E-state index contributed by atoms with van der Waals surface area (Å²) >= 11 is 8.48. The topological polar surface area (TPSA) is 58.9 Å². The molecule has 0 aromatic carbocycles. The molecule has 5 heteroatoms. The summed E-state index contributed by atoms with van der Waals surface area (Å²) in [6.07, 6.45) is 1.45. The minimum atomic E-state index is -0.294. The quantitative estimate of drug-likeness (QED) is 0.698. The van der Waals surface area contributed by atoms with E-state index in [4.69, 9.17) is 17.3 Å². The number of aromatic amines is 1. The van der Waals surface area contributed by atoms with E-state index in [0.717, 1.165) is 0 Å². The molecule has 1 rings (SSSR count). The second kappa shape index (κ2) is 2.64. The number of halogens is 2. The number of nitrogens with two attached hydrogens (primary N) is 1. The first-order valence-electron chi connectivity index (χ1n) is 2.45. The Morgan fingerprint density at radius 3 is 2.80 bits per heavy atom. The van der Waals surface area contributed by atoms with Crippen LogP contribution in [-0.2, 0) is 0 Å². The molecule has 0 unspecified atom stereocenters. The summed E-state index contributed by atoms with van der Waals surface area (Å²) in [4.78, 5) is 13.5. The van der Waals surface area contributed by atoms with Gasteiger partial charge in [0.1, 0.15) is 10.8 Å². The zero-order valence-corrected chi connectivity index (χ0v) is 7.16. The highest BCUT2D eigenvalue weighted by atomic mass is 79.9. The van der Waals surface area contributed by atoms with E-state index in [2.05, 4.69) is 20.9 Å². The molecule has 0 spiro atoms. The third kappa shape index (κ3) is 1.17. The average molecular weight is 223 g/mol. The molecule has 3 nitrogen and oxygen atoms in total. The smallest absolute Gasteiger partial charge is 0.216 e. The van der Waals surface area contributed by atoms with Crippen molar-refractivity contribution in [3.8, 4) is 0 Å². The minimum Gasteiger partial charge on any atom is -0.384 e. The molecular formula is C5H4BrClN2O. The molecular weight excluding hydrogens is 219 g/mol. The van der Waals surface area contributed by atoms with Gasteiger partial charge in [-0.3, -0.25) is 4.79 Å². The lowest BCUT2D eigenvalue weighted by Crippen LogP contribution is -2.06. The standard InChI is InChI=1S/C5H4BrClN2O/c6-2-1-9-5(8)3(7)4(2)10/h1H,(H3,8,9,10). The van der Waals surface area contributed by atoms with E-state index in [1.54, 1.807) is 0 Å². The molecule has 0 atom stereocenters. The lowest BCUT2D eigenvalue weighted by molar-refractivity contribution is 1.29. The van der Waals surface area contributed by atoms with Gasteiger partial charge in [-0.25, -0.2) is 0 Å². The summed E-state index contributed by atoms with van der Waals surface area (Å²) in [6.45, 7) is 0. The van der Waals surface area contributed by atoms with Gasteiger partial charge in [0.15, 0.2) is 0 Å². The number of hydrogen-bond donors (Lipinski definition) is 2. The third-order valence-corrected chi connectivity index (χ3v) is 1.97. The molecule has 0 amide bonds. The Balaban J connectivity index is 3.50. The zero-order valence-electron chi connectivity index (χ0n) is 4.82. The molecule has 0 radical (unpaired) electrons. The van der Waals surface area contributed by atoms with Crippen LogP contribution in [0.1, 0.15) is 0 Å². The molecule has 0 saturated carbocycles. The first kappa shape index (κ1) is 7.63. The van der Waals surface area contributed by atoms with Crippen LogP contribution in [0.3, 0.4) is 0 Å². The highest BCUT2D eigenvalue weighted by molar-refractivity contribution is 9.10. The maximum Gasteiger partial charge on any atom is 0.216 e. The first-order valence-corrected chi connectivity index (χ1v) is 3.62. The molecule has 54 valence electrons. The molecule has 1 aromatic heterocycles. The van der Waals surface area contributed by atoms with Gasteiger partial charge in [-0.15, -0.1) is 0 Å². The fourth-order valence-corrected chi connectivity index (χ4v) is 1.08. The summed E-state index contributed by atoms with van der Waals surface area (Å²) in [5, 5.41) is 0.0226. The second-order valence-corrected chi connectivity index (χ2v) is 2.93. The van der Waals surface area contributed by atoms with E-state index in [1.165, 1.54) is 6.20 Å².